The Bertz CT molecular complexity index is 456. The topological polar surface area (TPSA) is 29.3 Å². The zero-order chi connectivity index (χ0) is 15.5. The molecule has 0 saturated carbocycles. The molecule has 0 amide bonds. The third-order valence-electron chi connectivity index (χ3n) is 5.44. The van der Waals surface area contributed by atoms with Gasteiger partial charge < -0.3 is 10.6 Å². The average molecular weight is 292 g/mol. The van der Waals surface area contributed by atoms with Crippen molar-refractivity contribution in [3.05, 3.63) is 35.6 Å². The van der Waals surface area contributed by atoms with Crippen molar-refractivity contribution in [3.8, 4) is 0 Å². The zero-order valence-electron chi connectivity index (χ0n) is 13.6. The Morgan fingerprint density at radius 3 is 2.52 bits per heavy atom. The van der Waals surface area contributed by atoms with Crippen molar-refractivity contribution in [2.45, 2.75) is 46.1 Å². The van der Waals surface area contributed by atoms with Gasteiger partial charge in [-0.25, -0.2) is 4.39 Å². The van der Waals surface area contributed by atoms with Crippen molar-refractivity contribution < 1.29 is 4.39 Å². The molecular formula is C18H29FN2. The Morgan fingerprint density at radius 1 is 1.29 bits per heavy atom. The van der Waals surface area contributed by atoms with Gasteiger partial charge in [0, 0.05) is 24.7 Å². The molecule has 0 spiro atoms. The van der Waals surface area contributed by atoms with Gasteiger partial charge in [-0.15, -0.1) is 0 Å². The van der Waals surface area contributed by atoms with Crippen molar-refractivity contribution in [2.75, 3.05) is 19.6 Å². The maximum Gasteiger partial charge on any atom is 0.127 e. The minimum absolute atomic E-state index is 0.185. The van der Waals surface area contributed by atoms with Crippen molar-refractivity contribution in [3.63, 3.8) is 0 Å². The van der Waals surface area contributed by atoms with Crippen LogP contribution in [-0.4, -0.2) is 24.5 Å². The number of nitrogens with zero attached hydrogens (tertiary/aromatic N) is 1. The summed E-state index contributed by atoms with van der Waals surface area (Å²) in [4.78, 5) is 2.51. The van der Waals surface area contributed by atoms with E-state index < -0.39 is 0 Å². The summed E-state index contributed by atoms with van der Waals surface area (Å²) in [6, 6.07) is 6.65. The molecule has 1 heterocycles. The molecule has 1 aromatic rings. The van der Waals surface area contributed by atoms with E-state index in [1.54, 1.807) is 6.07 Å². The van der Waals surface area contributed by atoms with E-state index in [0.29, 0.717) is 11.0 Å². The van der Waals surface area contributed by atoms with Gasteiger partial charge >= 0.3 is 0 Å². The lowest BCUT2D eigenvalue weighted by atomic mass is 9.82. The molecule has 0 aromatic heterocycles. The Balaban J connectivity index is 1.96. The van der Waals surface area contributed by atoms with Gasteiger partial charge in [0.2, 0.25) is 0 Å². The first-order chi connectivity index (χ1) is 10.0. The molecule has 1 saturated heterocycles. The van der Waals surface area contributed by atoms with E-state index in [4.69, 9.17) is 5.73 Å². The minimum Gasteiger partial charge on any atom is -0.324 e. The highest BCUT2D eigenvalue weighted by Gasteiger charge is 2.35. The van der Waals surface area contributed by atoms with Crippen LogP contribution in [0.5, 0.6) is 0 Å². The summed E-state index contributed by atoms with van der Waals surface area (Å²) in [6.45, 7) is 9.99. The van der Waals surface area contributed by atoms with E-state index in [2.05, 4.69) is 25.7 Å². The predicted molar refractivity (Wildman–Crippen MR) is 86.6 cm³/mol. The fourth-order valence-electron chi connectivity index (χ4n) is 3.58. The van der Waals surface area contributed by atoms with Gasteiger partial charge in [0.05, 0.1) is 0 Å². The van der Waals surface area contributed by atoms with Crippen molar-refractivity contribution in [1.82, 2.24) is 4.90 Å². The molecule has 2 N–H and O–H groups in total. The third kappa shape index (κ3) is 3.64. The minimum atomic E-state index is -0.232. The highest BCUT2D eigenvalue weighted by Crippen LogP contribution is 2.37. The highest BCUT2D eigenvalue weighted by molar-refractivity contribution is 5.21. The van der Waals surface area contributed by atoms with Gasteiger partial charge in [0.25, 0.3) is 0 Å². The summed E-state index contributed by atoms with van der Waals surface area (Å²) >= 11 is 0. The quantitative estimate of drug-likeness (QED) is 0.859. The second kappa shape index (κ2) is 6.89. The fraction of sp³-hybridized carbons (Fsp3) is 0.667. The van der Waals surface area contributed by atoms with Gasteiger partial charge in [-0.1, -0.05) is 39.0 Å². The van der Waals surface area contributed by atoms with E-state index in [-0.39, 0.29) is 17.8 Å². The van der Waals surface area contributed by atoms with Crippen LogP contribution in [0.4, 0.5) is 4.39 Å². The van der Waals surface area contributed by atoms with Gasteiger partial charge in [-0.05, 0) is 43.2 Å². The number of benzene rings is 1. The fourth-order valence-corrected chi connectivity index (χ4v) is 3.58. The molecule has 2 atom stereocenters. The van der Waals surface area contributed by atoms with Crippen LogP contribution in [0.3, 0.4) is 0 Å². The summed E-state index contributed by atoms with van der Waals surface area (Å²) in [5.74, 6) is 0.0705. The summed E-state index contributed by atoms with van der Waals surface area (Å²) < 4.78 is 13.9. The van der Waals surface area contributed by atoms with Crippen molar-refractivity contribution >= 4 is 0 Å². The molecule has 1 aliphatic rings. The normalized spacial score (nSPS) is 21.4. The van der Waals surface area contributed by atoms with Crippen LogP contribution >= 0.6 is 0 Å². The lowest BCUT2D eigenvalue weighted by Gasteiger charge is -2.29. The first-order valence-electron chi connectivity index (χ1n) is 8.23. The van der Waals surface area contributed by atoms with E-state index in [1.165, 1.54) is 25.3 Å². The van der Waals surface area contributed by atoms with Crippen molar-refractivity contribution in [1.29, 1.82) is 0 Å². The first kappa shape index (κ1) is 16.4. The lowest BCUT2D eigenvalue weighted by Crippen LogP contribution is -2.34. The molecule has 1 aromatic carbocycles. The maximum absolute atomic E-state index is 13.9. The lowest BCUT2D eigenvalue weighted by molar-refractivity contribution is 0.212. The summed E-state index contributed by atoms with van der Waals surface area (Å²) in [7, 11) is 0. The van der Waals surface area contributed by atoms with Crippen molar-refractivity contribution in [2.24, 2.45) is 17.1 Å². The van der Waals surface area contributed by atoms with Crippen LogP contribution < -0.4 is 5.73 Å². The highest BCUT2D eigenvalue weighted by atomic mass is 19.1. The largest absolute Gasteiger partial charge is 0.324 e. The SMILES string of the molecule is CCC1(CC)CCN(CC(C)C(N)c2ccccc2F)C1. The molecule has 1 aliphatic heterocycles. The van der Waals surface area contributed by atoms with Gasteiger partial charge in [0.1, 0.15) is 5.82 Å². The monoisotopic (exact) mass is 292 g/mol. The van der Waals surface area contributed by atoms with Crippen LogP contribution in [-0.2, 0) is 0 Å². The second-order valence-electron chi connectivity index (χ2n) is 6.72. The van der Waals surface area contributed by atoms with Crippen LogP contribution in [0.1, 0.15) is 51.6 Å². The van der Waals surface area contributed by atoms with E-state index >= 15 is 0 Å². The van der Waals surface area contributed by atoms with E-state index in [9.17, 15) is 4.39 Å². The summed E-state index contributed by atoms with van der Waals surface area (Å²) in [5.41, 5.74) is 7.41. The summed E-state index contributed by atoms with van der Waals surface area (Å²) in [6.07, 6.45) is 3.77. The smallest absolute Gasteiger partial charge is 0.127 e. The number of nitrogens with two attached hydrogens (primary N) is 1. The molecular weight excluding hydrogens is 263 g/mol. The van der Waals surface area contributed by atoms with E-state index in [0.717, 1.165) is 19.6 Å². The number of halogens is 1. The van der Waals surface area contributed by atoms with Crippen LogP contribution in [0.15, 0.2) is 24.3 Å². The molecule has 0 radical (unpaired) electrons. The van der Waals surface area contributed by atoms with Gasteiger partial charge in [-0.3, -0.25) is 0 Å². The van der Waals surface area contributed by atoms with Gasteiger partial charge in [-0.2, -0.15) is 0 Å². The number of likely N-dealkylation sites (tertiary alicyclic amines) is 1. The summed E-state index contributed by atoms with van der Waals surface area (Å²) in [5, 5.41) is 0. The molecule has 3 heteroatoms. The Hall–Kier alpha value is -0.930. The standard InChI is InChI=1S/C18H29FN2/c1-4-18(5-2)10-11-21(13-18)12-14(3)17(20)15-8-6-7-9-16(15)19/h6-9,14,17H,4-5,10-13,20H2,1-3H3. The number of hydrogen-bond donors (Lipinski definition) is 1. The van der Waals surface area contributed by atoms with Crippen LogP contribution in [0, 0.1) is 17.2 Å². The van der Waals surface area contributed by atoms with Crippen LogP contribution in [0.2, 0.25) is 0 Å². The Kier molecular flexibility index (Phi) is 5.39. The number of rotatable bonds is 6. The average Bonchev–Trinajstić information content (AvgIpc) is 2.91. The van der Waals surface area contributed by atoms with Crippen LogP contribution in [0.25, 0.3) is 0 Å². The molecule has 0 bridgehead atoms. The molecule has 2 unspecified atom stereocenters. The van der Waals surface area contributed by atoms with E-state index in [1.807, 2.05) is 12.1 Å². The molecule has 1 fully saturated rings. The second-order valence-corrected chi connectivity index (χ2v) is 6.72. The first-order valence-corrected chi connectivity index (χ1v) is 8.23. The maximum atomic E-state index is 13.9. The molecule has 0 aliphatic carbocycles. The molecule has 118 valence electrons. The zero-order valence-corrected chi connectivity index (χ0v) is 13.6. The third-order valence-corrected chi connectivity index (χ3v) is 5.44. The Labute approximate surface area is 128 Å². The van der Waals surface area contributed by atoms with Gasteiger partial charge in [0.15, 0.2) is 0 Å². The molecule has 2 rings (SSSR count). The Morgan fingerprint density at radius 2 is 1.95 bits per heavy atom. The number of hydrogen-bond acceptors (Lipinski definition) is 2. The molecule has 21 heavy (non-hydrogen) atoms. The molecule has 2 nitrogen and oxygen atoms in total. The predicted octanol–water partition coefficient (Wildman–Crippen LogP) is 3.97.